The third kappa shape index (κ3) is 2.34. The molecular formula is C10H10ClN3S. The second kappa shape index (κ2) is 4.26. The molecule has 2 N–H and O–H groups in total. The van der Waals surface area contributed by atoms with E-state index in [-0.39, 0.29) is 6.04 Å². The molecule has 0 saturated carbocycles. The fourth-order valence-electron chi connectivity index (χ4n) is 1.19. The summed E-state index contributed by atoms with van der Waals surface area (Å²) >= 11 is 7.29. The monoisotopic (exact) mass is 239 g/mol. The van der Waals surface area contributed by atoms with Gasteiger partial charge in [-0.1, -0.05) is 11.6 Å². The number of nitrogens with two attached hydrogens (primary N) is 1. The normalized spacial score (nSPS) is 12.7. The van der Waals surface area contributed by atoms with Gasteiger partial charge >= 0.3 is 0 Å². The van der Waals surface area contributed by atoms with Gasteiger partial charge in [0.05, 0.1) is 10.4 Å². The van der Waals surface area contributed by atoms with E-state index in [9.17, 15) is 0 Å². The number of rotatable bonds is 2. The Morgan fingerprint density at radius 3 is 2.53 bits per heavy atom. The van der Waals surface area contributed by atoms with Gasteiger partial charge in [0.2, 0.25) is 0 Å². The third-order valence-corrected chi connectivity index (χ3v) is 3.29. The van der Waals surface area contributed by atoms with E-state index in [0.717, 1.165) is 14.8 Å². The third-order valence-electron chi connectivity index (χ3n) is 1.98. The Labute approximate surface area is 96.9 Å². The number of thiophene rings is 1. The molecule has 1 atom stereocenters. The molecule has 2 aromatic rings. The lowest BCUT2D eigenvalue weighted by Gasteiger charge is -2.07. The van der Waals surface area contributed by atoms with Crippen LogP contribution in [0.15, 0.2) is 24.5 Å². The standard InChI is InChI=1S/C10H10ClN3S/c1-6-4-13-10(14-5-6)9(12)7-2-3-8(11)15-7/h2-5,9H,12H2,1H3. The molecule has 2 aromatic heterocycles. The molecule has 0 radical (unpaired) electrons. The Balaban J connectivity index is 2.28. The lowest BCUT2D eigenvalue weighted by atomic mass is 10.2. The predicted octanol–water partition coefficient (Wildman–Crippen LogP) is 2.55. The minimum absolute atomic E-state index is 0.289. The van der Waals surface area contributed by atoms with Crippen LogP contribution in [0.25, 0.3) is 0 Å². The van der Waals surface area contributed by atoms with Crippen molar-refractivity contribution in [1.82, 2.24) is 9.97 Å². The molecule has 0 saturated heterocycles. The predicted molar refractivity (Wildman–Crippen MR) is 62.1 cm³/mol. The summed E-state index contributed by atoms with van der Waals surface area (Å²) in [5.74, 6) is 0.624. The highest BCUT2D eigenvalue weighted by molar-refractivity contribution is 7.16. The number of aryl methyl sites for hydroxylation is 1. The molecule has 0 aliphatic rings. The van der Waals surface area contributed by atoms with Crippen molar-refractivity contribution >= 4 is 22.9 Å². The van der Waals surface area contributed by atoms with Crippen LogP contribution in [-0.2, 0) is 0 Å². The summed E-state index contributed by atoms with van der Waals surface area (Å²) in [6, 6.07) is 3.44. The molecule has 0 aromatic carbocycles. The maximum absolute atomic E-state index is 6.01. The zero-order valence-corrected chi connectivity index (χ0v) is 9.72. The smallest absolute Gasteiger partial charge is 0.150 e. The van der Waals surface area contributed by atoms with Crippen LogP contribution in [0.3, 0.4) is 0 Å². The van der Waals surface area contributed by atoms with E-state index in [1.165, 1.54) is 11.3 Å². The summed E-state index contributed by atoms with van der Waals surface area (Å²) in [5.41, 5.74) is 7.03. The number of halogens is 1. The average molecular weight is 240 g/mol. The molecule has 78 valence electrons. The molecule has 0 spiro atoms. The fraction of sp³-hybridized carbons (Fsp3) is 0.200. The van der Waals surface area contributed by atoms with Crippen molar-refractivity contribution in [3.8, 4) is 0 Å². The van der Waals surface area contributed by atoms with Gasteiger partial charge in [0.1, 0.15) is 5.82 Å². The quantitative estimate of drug-likeness (QED) is 0.876. The first-order valence-electron chi connectivity index (χ1n) is 4.46. The molecule has 5 heteroatoms. The first-order valence-corrected chi connectivity index (χ1v) is 5.65. The van der Waals surface area contributed by atoms with E-state index in [1.807, 2.05) is 19.1 Å². The maximum Gasteiger partial charge on any atom is 0.150 e. The molecule has 15 heavy (non-hydrogen) atoms. The minimum Gasteiger partial charge on any atom is -0.317 e. The van der Waals surface area contributed by atoms with E-state index in [0.29, 0.717) is 5.82 Å². The van der Waals surface area contributed by atoms with Crippen LogP contribution in [0, 0.1) is 6.92 Å². The minimum atomic E-state index is -0.289. The molecule has 3 nitrogen and oxygen atoms in total. The van der Waals surface area contributed by atoms with Crippen molar-refractivity contribution in [2.75, 3.05) is 0 Å². The summed E-state index contributed by atoms with van der Waals surface area (Å²) in [6.45, 7) is 1.94. The van der Waals surface area contributed by atoms with Gasteiger partial charge in [0.25, 0.3) is 0 Å². The first-order chi connectivity index (χ1) is 7.16. The van der Waals surface area contributed by atoms with Crippen LogP contribution in [0.5, 0.6) is 0 Å². The second-order valence-electron chi connectivity index (χ2n) is 3.24. The molecule has 0 aliphatic heterocycles. The number of hydrogen-bond acceptors (Lipinski definition) is 4. The van der Waals surface area contributed by atoms with E-state index in [2.05, 4.69) is 9.97 Å². The van der Waals surface area contributed by atoms with Crippen molar-refractivity contribution < 1.29 is 0 Å². The van der Waals surface area contributed by atoms with Gasteiger partial charge in [-0.15, -0.1) is 11.3 Å². The van der Waals surface area contributed by atoms with Gasteiger partial charge in [-0.2, -0.15) is 0 Å². The van der Waals surface area contributed by atoms with Crippen molar-refractivity contribution in [3.05, 3.63) is 45.1 Å². The Morgan fingerprint density at radius 2 is 2.00 bits per heavy atom. The zero-order chi connectivity index (χ0) is 10.8. The lowest BCUT2D eigenvalue weighted by Crippen LogP contribution is -2.13. The van der Waals surface area contributed by atoms with Gasteiger partial charge in [-0.05, 0) is 24.6 Å². The van der Waals surface area contributed by atoms with E-state index < -0.39 is 0 Å². The zero-order valence-electron chi connectivity index (χ0n) is 8.14. The Hall–Kier alpha value is -0.970. The number of nitrogens with zero attached hydrogens (tertiary/aromatic N) is 2. The average Bonchev–Trinajstić information content (AvgIpc) is 2.65. The van der Waals surface area contributed by atoms with Crippen molar-refractivity contribution in [2.45, 2.75) is 13.0 Å². The van der Waals surface area contributed by atoms with E-state index in [1.54, 1.807) is 12.4 Å². The summed E-state index contributed by atoms with van der Waals surface area (Å²) in [6.07, 6.45) is 3.52. The van der Waals surface area contributed by atoms with Gasteiger partial charge in [-0.3, -0.25) is 0 Å². The highest BCUT2D eigenvalue weighted by atomic mass is 35.5. The van der Waals surface area contributed by atoms with Crippen LogP contribution in [0.1, 0.15) is 22.3 Å². The van der Waals surface area contributed by atoms with Crippen molar-refractivity contribution in [1.29, 1.82) is 0 Å². The topological polar surface area (TPSA) is 51.8 Å². The molecular weight excluding hydrogens is 230 g/mol. The van der Waals surface area contributed by atoms with Crippen molar-refractivity contribution in [3.63, 3.8) is 0 Å². The maximum atomic E-state index is 6.01. The van der Waals surface area contributed by atoms with Crippen LogP contribution in [-0.4, -0.2) is 9.97 Å². The molecule has 0 fully saturated rings. The number of hydrogen-bond donors (Lipinski definition) is 1. The van der Waals surface area contributed by atoms with Gasteiger partial charge in [-0.25, -0.2) is 9.97 Å². The van der Waals surface area contributed by atoms with Crippen LogP contribution >= 0.6 is 22.9 Å². The summed E-state index contributed by atoms with van der Waals surface area (Å²) in [5, 5.41) is 0. The Morgan fingerprint density at radius 1 is 1.33 bits per heavy atom. The molecule has 2 heterocycles. The lowest BCUT2D eigenvalue weighted by molar-refractivity contribution is 0.791. The first kappa shape index (κ1) is 10.5. The molecule has 2 rings (SSSR count). The second-order valence-corrected chi connectivity index (χ2v) is 4.98. The summed E-state index contributed by atoms with van der Waals surface area (Å²) < 4.78 is 0.729. The Kier molecular flexibility index (Phi) is 3.00. The Bertz CT molecular complexity index is 452. The largest absolute Gasteiger partial charge is 0.317 e. The van der Waals surface area contributed by atoms with Crippen LogP contribution < -0.4 is 5.73 Å². The number of aromatic nitrogens is 2. The highest BCUT2D eigenvalue weighted by Crippen LogP contribution is 2.27. The molecule has 0 amide bonds. The molecule has 0 bridgehead atoms. The molecule has 0 aliphatic carbocycles. The molecule has 1 unspecified atom stereocenters. The van der Waals surface area contributed by atoms with Gasteiger partial charge in [0.15, 0.2) is 0 Å². The van der Waals surface area contributed by atoms with Gasteiger partial charge in [0, 0.05) is 17.3 Å². The van der Waals surface area contributed by atoms with Crippen LogP contribution in [0.4, 0.5) is 0 Å². The van der Waals surface area contributed by atoms with E-state index in [4.69, 9.17) is 17.3 Å². The fourth-order valence-corrected chi connectivity index (χ4v) is 2.25. The summed E-state index contributed by atoms with van der Waals surface area (Å²) in [4.78, 5) is 9.36. The highest BCUT2D eigenvalue weighted by Gasteiger charge is 2.13. The van der Waals surface area contributed by atoms with Gasteiger partial charge < -0.3 is 5.73 Å². The summed E-state index contributed by atoms with van der Waals surface area (Å²) in [7, 11) is 0. The van der Waals surface area contributed by atoms with Crippen LogP contribution in [0.2, 0.25) is 4.34 Å². The van der Waals surface area contributed by atoms with E-state index >= 15 is 0 Å². The van der Waals surface area contributed by atoms with Crippen molar-refractivity contribution in [2.24, 2.45) is 5.73 Å². The SMILES string of the molecule is Cc1cnc(C(N)c2ccc(Cl)s2)nc1.